The summed E-state index contributed by atoms with van der Waals surface area (Å²) in [6.45, 7) is 4.54. The van der Waals surface area contributed by atoms with Crippen molar-refractivity contribution in [3.63, 3.8) is 0 Å². The highest BCUT2D eigenvalue weighted by Crippen LogP contribution is 2.31. The van der Waals surface area contributed by atoms with Crippen LogP contribution >= 0.6 is 0 Å². The van der Waals surface area contributed by atoms with Crippen LogP contribution in [0.15, 0.2) is 0 Å². The van der Waals surface area contributed by atoms with E-state index in [4.69, 9.17) is 22.3 Å². The second-order valence-electron chi connectivity index (χ2n) is 3.05. The molecule has 1 aliphatic rings. The molecule has 0 aromatic heterocycles. The first kappa shape index (κ1) is 9.13. The van der Waals surface area contributed by atoms with Gasteiger partial charge in [0.05, 0.1) is 13.2 Å². The summed E-state index contributed by atoms with van der Waals surface area (Å²) in [5.41, 5.74) is -1.61. The van der Waals surface area contributed by atoms with Crippen LogP contribution in [0.4, 0.5) is 0 Å². The fourth-order valence-electron chi connectivity index (χ4n) is 1.13. The van der Waals surface area contributed by atoms with E-state index in [-0.39, 0.29) is 0 Å². The Morgan fingerprint density at radius 2 is 1.33 bits per heavy atom. The van der Waals surface area contributed by atoms with Crippen molar-refractivity contribution in [3.05, 3.63) is 0 Å². The molecule has 2 heteroatoms. The third-order valence-corrected chi connectivity index (χ3v) is 2.33. The van der Waals surface area contributed by atoms with Crippen LogP contribution in [0.25, 0.3) is 0 Å². The van der Waals surface area contributed by atoms with Gasteiger partial charge in [-0.3, -0.25) is 0 Å². The second-order valence-corrected chi connectivity index (χ2v) is 3.05. The van der Waals surface area contributed by atoms with Crippen molar-refractivity contribution in [3.8, 4) is 24.7 Å². The number of hydrogen-bond acceptors (Lipinski definition) is 2. The van der Waals surface area contributed by atoms with E-state index in [1.165, 1.54) is 0 Å². The van der Waals surface area contributed by atoms with Crippen LogP contribution in [0.1, 0.15) is 13.8 Å². The lowest BCUT2D eigenvalue weighted by molar-refractivity contribution is -0.194. The maximum absolute atomic E-state index is 5.42. The molecule has 1 rings (SSSR count). The molecule has 2 nitrogen and oxygen atoms in total. The van der Waals surface area contributed by atoms with Crippen molar-refractivity contribution in [1.82, 2.24) is 0 Å². The van der Waals surface area contributed by atoms with E-state index in [0.717, 1.165) is 0 Å². The van der Waals surface area contributed by atoms with Crippen molar-refractivity contribution in [1.29, 1.82) is 0 Å². The summed E-state index contributed by atoms with van der Waals surface area (Å²) in [6.07, 6.45) is 10.7. The van der Waals surface area contributed by atoms with Crippen molar-refractivity contribution in [2.45, 2.75) is 25.0 Å². The van der Waals surface area contributed by atoms with Crippen molar-refractivity contribution < 1.29 is 9.47 Å². The molecule has 1 fully saturated rings. The SMILES string of the molecule is C#C[C@@]1(C)OCCO[C@@]1(C)C#C. The Morgan fingerprint density at radius 1 is 1.00 bits per heavy atom. The molecular formula is C10H12O2. The van der Waals surface area contributed by atoms with Gasteiger partial charge in [-0.2, -0.15) is 0 Å². The second kappa shape index (κ2) is 2.83. The average molecular weight is 164 g/mol. The maximum atomic E-state index is 5.42. The van der Waals surface area contributed by atoms with E-state index in [1.807, 2.05) is 0 Å². The molecule has 64 valence electrons. The van der Waals surface area contributed by atoms with Gasteiger partial charge in [-0.25, -0.2) is 0 Å². The van der Waals surface area contributed by atoms with Crippen LogP contribution in [-0.2, 0) is 9.47 Å². The van der Waals surface area contributed by atoms with Gasteiger partial charge in [-0.05, 0) is 13.8 Å². The highest BCUT2D eigenvalue weighted by molar-refractivity contribution is 5.27. The summed E-state index contributed by atoms with van der Waals surface area (Å²) in [7, 11) is 0. The fourth-order valence-corrected chi connectivity index (χ4v) is 1.13. The van der Waals surface area contributed by atoms with Crippen molar-refractivity contribution >= 4 is 0 Å². The Morgan fingerprint density at radius 3 is 1.58 bits per heavy atom. The maximum Gasteiger partial charge on any atom is 0.165 e. The summed E-state index contributed by atoms with van der Waals surface area (Å²) in [5, 5.41) is 0. The van der Waals surface area contributed by atoms with Gasteiger partial charge in [-0.1, -0.05) is 11.8 Å². The summed E-state index contributed by atoms with van der Waals surface area (Å²) < 4.78 is 10.8. The molecule has 0 aromatic rings. The van der Waals surface area contributed by atoms with Gasteiger partial charge in [0.2, 0.25) is 0 Å². The van der Waals surface area contributed by atoms with E-state index in [9.17, 15) is 0 Å². The quantitative estimate of drug-likeness (QED) is 0.493. The van der Waals surface area contributed by atoms with Gasteiger partial charge >= 0.3 is 0 Å². The first-order chi connectivity index (χ1) is 5.58. The zero-order valence-corrected chi connectivity index (χ0v) is 7.39. The van der Waals surface area contributed by atoms with Crippen LogP contribution in [0.5, 0.6) is 0 Å². The monoisotopic (exact) mass is 164 g/mol. The van der Waals surface area contributed by atoms with Gasteiger partial charge in [-0.15, -0.1) is 12.8 Å². The average Bonchev–Trinajstić information content (AvgIpc) is 2.10. The molecule has 0 spiro atoms. The van der Waals surface area contributed by atoms with Crippen LogP contribution < -0.4 is 0 Å². The lowest BCUT2D eigenvalue weighted by Crippen LogP contribution is -2.56. The number of terminal acetylenes is 2. The molecule has 0 aromatic carbocycles. The molecule has 0 radical (unpaired) electrons. The van der Waals surface area contributed by atoms with Crippen LogP contribution in [-0.4, -0.2) is 24.4 Å². The van der Waals surface area contributed by atoms with E-state index in [0.29, 0.717) is 13.2 Å². The predicted molar refractivity (Wildman–Crippen MR) is 46.4 cm³/mol. The minimum Gasteiger partial charge on any atom is -0.356 e. The van der Waals surface area contributed by atoms with Gasteiger partial charge in [0.1, 0.15) is 0 Å². The Bertz CT molecular complexity index is 230. The third kappa shape index (κ3) is 1.10. The van der Waals surface area contributed by atoms with Gasteiger partial charge in [0, 0.05) is 0 Å². The van der Waals surface area contributed by atoms with Crippen molar-refractivity contribution in [2.75, 3.05) is 13.2 Å². The first-order valence-corrected chi connectivity index (χ1v) is 3.81. The standard InChI is InChI=1S/C10H12O2/c1-5-9(3)10(4,6-2)12-8-7-11-9/h1-2H,7-8H2,3-4H3/t9-,10+. The third-order valence-electron chi connectivity index (χ3n) is 2.33. The number of hydrogen-bond donors (Lipinski definition) is 0. The van der Waals surface area contributed by atoms with Gasteiger partial charge < -0.3 is 9.47 Å². The van der Waals surface area contributed by atoms with E-state index in [1.54, 1.807) is 13.8 Å². The molecule has 0 unspecified atom stereocenters. The molecule has 0 aliphatic carbocycles. The molecule has 0 bridgehead atoms. The highest BCUT2D eigenvalue weighted by atomic mass is 16.6. The Kier molecular flexibility index (Phi) is 2.15. The molecule has 12 heavy (non-hydrogen) atoms. The normalized spacial score (nSPS) is 41.3. The molecule has 0 N–H and O–H groups in total. The van der Waals surface area contributed by atoms with Crippen molar-refractivity contribution in [2.24, 2.45) is 0 Å². The number of rotatable bonds is 0. The highest BCUT2D eigenvalue weighted by Gasteiger charge is 2.47. The van der Waals surface area contributed by atoms with E-state index < -0.39 is 11.2 Å². The van der Waals surface area contributed by atoms with Crippen LogP contribution in [0.2, 0.25) is 0 Å². The topological polar surface area (TPSA) is 18.5 Å². The molecule has 0 amide bonds. The minimum atomic E-state index is -0.806. The lowest BCUT2D eigenvalue weighted by atomic mass is 9.86. The molecule has 0 saturated carbocycles. The van der Waals surface area contributed by atoms with E-state index >= 15 is 0 Å². The Balaban J connectivity index is 2.99. The Hall–Kier alpha value is -0.960. The van der Waals surface area contributed by atoms with Gasteiger partial charge in [0.15, 0.2) is 11.2 Å². The summed E-state index contributed by atoms with van der Waals surface area (Å²) in [6, 6.07) is 0. The van der Waals surface area contributed by atoms with Crippen LogP contribution in [0.3, 0.4) is 0 Å². The minimum absolute atomic E-state index is 0.498. The van der Waals surface area contributed by atoms with Crippen LogP contribution in [0, 0.1) is 24.7 Å². The predicted octanol–water partition coefficient (Wildman–Crippen LogP) is 0.817. The lowest BCUT2D eigenvalue weighted by Gasteiger charge is -2.42. The summed E-state index contributed by atoms with van der Waals surface area (Å²) >= 11 is 0. The zero-order valence-electron chi connectivity index (χ0n) is 7.39. The molecule has 1 aliphatic heterocycles. The van der Waals surface area contributed by atoms with E-state index in [2.05, 4.69) is 11.8 Å². The zero-order chi connectivity index (χ0) is 9.24. The summed E-state index contributed by atoms with van der Waals surface area (Å²) in [5.74, 6) is 5.06. The molecular weight excluding hydrogens is 152 g/mol. The molecule has 2 atom stereocenters. The smallest absolute Gasteiger partial charge is 0.165 e. The first-order valence-electron chi connectivity index (χ1n) is 3.81. The molecule has 1 saturated heterocycles. The largest absolute Gasteiger partial charge is 0.356 e. The Labute approximate surface area is 73.2 Å². The number of ether oxygens (including phenoxy) is 2. The molecule has 1 heterocycles. The summed E-state index contributed by atoms with van der Waals surface area (Å²) in [4.78, 5) is 0. The van der Waals surface area contributed by atoms with Gasteiger partial charge in [0.25, 0.3) is 0 Å². The fraction of sp³-hybridized carbons (Fsp3) is 0.600.